The molecule has 1 atom stereocenters. The molecule has 12 heavy (non-hydrogen) atoms. The van der Waals surface area contributed by atoms with E-state index >= 15 is 0 Å². The molecule has 68 valence electrons. The Hall–Kier alpha value is -1.03. The van der Waals surface area contributed by atoms with Crippen molar-refractivity contribution in [2.75, 3.05) is 13.7 Å². The first-order valence-electron chi connectivity index (χ1n) is 3.80. The van der Waals surface area contributed by atoms with Gasteiger partial charge in [-0.15, -0.1) is 0 Å². The molecule has 1 rings (SSSR count). The fourth-order valence-electron chi connectivity index (χ4n) is 1.49. The van der Waals surface area contributed by atoms with Crippen LogP contribution in [0.1, 0.15) is 12.8 Å². The van der Waals surface area contributed by atoms with Gasteiger partial charge in [-0.05, 0) is 6.42 Å². The van der Waals surface area contributed by atoms with Crippen LogP contribution in [0, 0.1) is 5.92 Å². The van der Waals surface area contributed by atoms with E-state index in [9.17, 15) is 9.90 Å². The van der Waals surface area contributed by atoms with Crippen LogP contribution < -0.4 is 5.11 Å². The minimum Gasteiger partial charge on any atom is -0.545 e. The molecule has 0 bridgehead atoms. The SMILES string of the molecule is COC1=C(C(=O)[O-])C(CO)CC1. The minimum absolute atomic E-state index is 0.125. The van der Waals surface area contributed by atoms with E-state index in [1.54, 1.807) is 0 Å². The van der Waals surface area contributed by atoms with E-state index in [2.05, 4.69) is 0 Å². The lowest BCUT2D eigenvalue weighted by Gasteiger charge is -2.12. The molecule has 0 aromatic heterocycles. The lowest BCUT2D eigenvalue weighted by atomic mass is 10.0. The Kier molecular flexibility index (Phi) is 2.70. The van der Waals surface area contributed by atoms with Gasteiger partial charge in [-0.25, -0.2) is 0 Å². The molecular weight excluding hydrogens is 160 g/mol. The lowest BCUT2D eigenvalue weighted by molar-refractivity contribution is -0.300. The van der Waals surface area contributed by atoms with E-state index in [0.29, 0.717) is 18.6 Å². The number of ether oxygens (including phenoxy) is 1. The van der Waals surface area contributed by atoms with Gasteiger partial charge in [-0.2, -0.15) is 0 Å². The Balaban J connectivity index is 2.88. The molecule has 0 spiro atoms. The highest BCUT2D eigenvalue weighted by atomic mass is 16.5. The van der Waals surface area contributed by atoms with Crippen molar-refractivity contribution >= 4 is 5.97 Å². The molecule has 0 saturated heterocycles. The predicted molar refractivity (Wildman–Crippen MR) is 38.9 cm³/mol. The summed E-state index contributed by atoms with van der Waals surface area (Å²) in [4.78, 5) is 10.6. The number of hydrogen-bond acceptors (Lipinski definition) is 4. The van der Waals surface area contributed by atoms with Crippen molar-refractivity contribution in [2.45, 2.75) is 12.8 Å². The number of aliphatic carboxylic acids is 1. The first-order chi connectivity index (χ1) is 5.70. The molecule has 0 aliphatic heterocycles. The Morgan fingerprint density at radius 1 is 1.83 bits per heavy atom. The summed E-state index contributed by atoms with van der Waals surface area (Å²) in [6.07, 6.45) is 1.20. The summed E-state index contributed by atoms with van der Waals surface area (Å²) in [5, 5.41) is 19.4. The lowest BCUT2D eigenvalue weighted by Crippen LogP contribution is -2.28. The summed E-state index contributed by atoms with van der Waals surface area (Å²) in [6.45, 7) is -0.157. The molecule has 0 saturated carbocycles. The van der Waals surface area contributed by atoms with E-state index in [4.69, 9.17) is 9.84 Å². The number of carbonyl (C=O) groups excluding carboxylic acids is 1. The highest BCUT2D eigenvalue weighted by molar-refractivity contribution is 5.86. The van der Waals surface area contributed by atoms with Gasteiger partial charge in [0.15, 0.2) is 0 Å². The monoisotopic (exact) mass is 171 g/mol. The predicted octanol–water partition coefficient (Wildman–Crippen LogP) is -0.961. The first kappa shape index (κ1) is 9.06. The van der Waals surface area contributed by atoms with E-state index < -0.39 is 5.97 Å². The number of carbonyl (C=O) groups is 1. The van der Waals surface area contributed by atoms with Crippen LogP contribution in [0.3, 0.4) is 0 Å². The average molecular weight is 171 g/mol. The van der Waals surface area contributed by atoms with Crippen molar-refractivity contribution in [2.24, 2.45) is 5.92 Å². The Morgan fingerprint density at radius 2 is 2.50 bits per heavy atom. The molecule has 1 N–H and O–H groups in total. The van der Waals surface area contributed by atoms with E-state index in [1.165, 1.54) is 7.11 Å². The molecule has 1 unspecified atom stereocenters. The van der Waals surface area contributed by atoms with E-state index in [0.717, 1.165) is 0 Å². The topological polar surface area (TPSA) is 69.6 Å². The number of hydrogen-bond donors (Lipinski definition) is 1. The molecule has 1 aliphatic rings. The van der Waals surface area contributed by atoms with E-state index in [-0.39, 0.29) is 18.1 Å². The standard InChI is InChI=1S/C8H12O4/c1-12-6-3-2-5(4-9)7(6)8(10)11/h5,9H,2-4H2,1H3,(H,10,11)/p-1. The van der Waals surface area contributed by atoms with Crippen molar-refractivity contribution in [3.05, 3.63) is 11.3 Å². The average Bonchev–Trinajstić information content (AvgIpc) is 2.46. The molecule has 0 aromatic carbocycles. The number of rotatable bonds is 3. The van der Waals surface area contributed by atoms with Gasteiger partial charge in [0.2, 0.25) is 0 Å². The number of carboxylic acids is 1. The van der Waals surface area contributed by atoms with Gasteiger partial charge in [-0.1, -0.05) is 0 Å². The van der Waals surface area contributed by atoms with Crippen LogP contribution in [-0.2, 0) is 9.53 Å². The number of aliphatic hydroxyl groups excluding tert-OH is 1. The second-order valence-electron chi connectivity index (χ2n) is 2.75. The van der Waals surface area contributed by atoms with Gasteiger partial charge in [0.05, 0.1) is 19.7 Å². The summed E-state index contributed by atoms with van der Waals surface area (Å²) in [5.41, 5.74) is 0.125. The number of methoxy groups -OCH3 is 1. The van der Waals surface area contributed by atoms with Crippen molar-refractivity contribution in [3.8, 4) is 0 Å². The molecule has 0 amide bonds. The summed E-state index contributed by atoms with van der Waals surface area (Å²) in [7, 11) is 1.43. The maximum Gasteiger partial charge on any atom is 0.101 e. The second kappa shape index (κ2) is 3.58. The van der Waals surface area contributed by atoms with E-state index in [1.807, 2.05) is 0 Å². The zero-order chi connectivity index (χ0) is 9.14. The molecule has 0 fully saturated rings. The number of aliphatic hydroxyl groups is 1. The molecule has 4 heteroatoms. The van der Waals surface area contributed by atoms with Crippen LogP contribution in [0.2, 0.25) is 0 Å². The largest absolute Gasteiger partial charge is 0.545 e. The highest BCUT2D eigenvalue weighted by Crippen LogP contribution is 2.31. The van der Waals surface area contributed by atoms with Crippen LogP contribution in [0.25, 0.3) is 0 Å². The summed E-state index contributed by atoms with van der Waals surface area (Å²) < 4.78 is 4.86. The van der Waals surface area contributed by atoms with Crippen LogP contribution >= 0.6 is 0 Å². The smallest absolute Gasteiger partial charge is 0.101 e. The third kappa shape index (κ3) is 1.43. The van der Waals surface area contributed by atoms with Crippen molar-refractivity contribution in [3.63, 3.8) is 0 Å². The minimum atomic E-state index is -1.23. The molecule has 4 nitrogen and oxygen atoms in total. The Labute approximate surface area is 70.5 Å². The highest BCUT2D eigenvalue weighted by Gasteiger charge is 2.26. The van der Waals surface area contributed by atoms with Crippen molar-refractivity contribution < 1.29 is 19.7 Å². The van der Waals surface area contributed by atoms with Gasteiger partial charge in [-0.3, -0.25) is 0 Å². The van der Waals surface area contributed by atoms with Crippen LogP contribution in [0.4, 0.5) is 0 Å². The molecule has 1 aliphatic carbocycles. The van der Waals surface area contributed by atoms with Crippen molar-refractivity contribution in [1.29, 1.82) is 0 Å². The van der Waals surface area contributed by atoms with Gasteiger partial charge in [0.1, 0.15) is 5.76 Å². The Morgan fingerprint density at radius 3 is 2.92 bits per heavy atom. The van der Waals surface area contributed by atoms with Gasteiger partial charge in [0, 0.05) is 17.9 Å². The third-order valence-corrected chi connectivity index (χ3v) is 2.12. The van der Waals surface area contributed by atoms with Gasteiger partial charge >= 0.3 is 0 Å². The summed E-state index contributed by atoms with van der Waals surface area (Å²) >= 11 is 0. The fourth-order valence-corrected chi connectivity index (χ4v) is 1.49. The molecular formula is C8H11O4-. The maximum absolute atomic E-state index is 10.6. The maximum atomic E-state index is 10.6. The fraction of sp³-hybridized carbons (Fsp3) is 0.625. The van der Waals surface area contributed by atoms with Crippen LogP contribution in [0.15, 0.2) is 11.3 Å². The zero-order valence-corrected chi connectivity index (χ0v) is 6.87. The molecule has 0 heterocycles. The second-order valence-corrected chi connectivity index (χ2v) is 2.75. The number of allylic oxidation sites excluding steroid dienone is 1. The van der Waals surface area contributed by atoms with Gasteiger partial charge in [0.25, 0.3) is 0 Å². The normalized spacial score (nSPS) is 23.0. The number of carboxylic acid groups (broad SMARTS) is 1. The summed E-state index contributed by atoms with van der Waals surface area (Å²) in [6, 6.07) is 0. The zero-order valence-electron chi connectivity index (χ0n) is 6.87. The molecule has 0 radical (unpaired) electrons. The van der Waals surface area contributed by atoms with Crippen molar-refractivity contribution in [1.82, 2.24) is 0 Å². The van der Waals surface area contributed by atoms with Crippen LogP contribution in [-0.4, -0.2) is 24.8 Å². The molecule has 0 aromatic rings. The quantitative estimate of drug-likeness (QED) is 0.593. The Bertz CT molecular complexity index is 219. The van der Waals surface area contributed by atoms with Gasteiger partial charge < -0.3 is 19.7 Å². The third-order valence-electron chi connectivity index (χ3n) is 2.12. The first-order valence-corrected chi connectivity index (χ1v) is 3.80. The summed E-state index contributed by atoms with van der Waals surface area (Å²) in [5.74, 6) is -1.11. The van der Waals surface area contributed by atoms with Crippen LogP contribution in [0.5, 0.6) is 0 Å².